The fraction of sp³-hybridized carbons (Fsp3) is 1.00. The van der Waals surface area contributed by atoms with E-state index in [-0.39, 0.29) is 12.2 Å². The molecular formula is C11H21NO2. The Morgan fingerprint density at radius 2 is 1.86 bits per heavy atom. The number of piperidine rings is 1. The third-order valence-corrected chi connectivity index (χ3v) is 3.80. The number of hydrogen-bond donors (Lipinski definition) is 2. The van der Waals surface area contributed by atoms with Gasteiger partial charge in [0.05, 0.1) is 12.2 Å². The fourth-order valence-electron chi connectivity index (χ4n) is 2.81. The highest BCUT2D eigenvalue weighted by molar-refractivity contribution is 4.89. The largest absolute Gasteiger partial charge is 0.393 e. The summed E-state index contributed by atoms with van der Waals surface area (Å²) in [5.74, 6) is 0.358. The normalized spacial score (nSPS) is 45.6. The highest BCUT2D eigenvalue weighted by Gasteiger charge is 2.34. The molecule has 0 aromatic rings. The molecule has 1 saturated heterocycles. The van der Waals surface area contributed by atoms with Gasteiger partial charge in [-0.15, -0.1) is 0 Å². The van der Waals surface area contributed by atoms with Gasteiger partial charge in [-0.05, 0) is 31.6 Å². The smallest absolute Gasteiger partial charge is 0.0695 e. The van der Waals surface area contributed by atoms with Crippen molar-refractivity contribution in [2.24, 2.45) is 5.92 Å². The Labute approximate surface area is 85.7 Å². The predicted molar refractivity (Wildman–Crippen MR) is 55.0 cm³/mol. The molecule has 1 heterocycles. The summed E-state index contributed by atoms with van der Waals surface area (Å²) in [6, 6.07) is 0.366. The zero-order chi connectivity index (χ0) is 10.1. The molecule has 4 atom stereocenters. The van der Waals surface area contributed by atoms with E-state index in [0.29, 0.717) is 12.0 Å². The lowest BCUT2D eigenvalue weighted by Crippen LogP contribution is -2.49. The van der Waals surface area contributed by atoms with Crippen molar-refractivity contribution >= 4 is 0 Å². The summed E-state index contributed by atoms with van der Waals surface area (Å²) >= 11 is 0. The van der Waals surface area contributed by atoms with E-state index in [9.17, 15) is 10.2 Å². The van der Waals surface area contributed by atoms with Crippen LogP contribution in [0.25, 0.3) is 0 Å². The van der Waals surface area contributed by atoms with Crippen molar-refractivity contribution < 1.29 is 10.2 Å². The Bertz CT molecular complexity index is 198. The number of hydrogen-bond acceptors (Lipinski definition) is 3. The second-order valence-corrected chi connectivity index (χ2v) is 4.89. The maximum atomic E-state index is 9.79. The molecule has 1 saturated carbocycles. The zero-order valence-electron chi connectivity index (χ0n) is 8.89. The Morgan fingerprint density at radius 1 is 1.07 bits per heavy atom. The SMILES string of the molecule is CC1CN([C@@H]2CCC[C@H]2O)CCC1O. The first-order valence-electron chi connectivity index (χ1n) is 5.78. The summed E-state index contributed by atoms with van der Waals surface area (Å²) in [5.41, 5.74) is 0. The molecule has 0 bridgehead atoms. The molecule has 0 spiro atoms. The van der Waals surface area contributed by atoms with E-state index in [2.05, 4.69) is 11.8 Å². The van der Waals surface area contributed by atoms with Crippen LogP contribution in [0.15, 0.2) is 0 Å². The van der Waals surface area contributed by atoms with E-state index in [4.69, 9.17) is 0 Å². The molecule has 0 amide bonds. The molecular weight excluding hydrogens is 178 g/mol. The molecule has 82 valence electrons. The summed E-state index contributed by atoms with van der Waals surface area (Å²) < 4.78 is 0. The molecule has 2 unspecified atom stereocenters. The third kappa shape index (κ3) is 1.95. The van der Waals surface area contributed by atoms with Crippen LogP contribution in [-0.2, 0) is 0 Å². The topological polar surface area (TPSA) is 43.7 Å². The Balaban J connectivity index is 1.92. The van der Waals surface area contributed by atoms with Gasteiger partial charge in [-0.3, -0.25) is 4.90 Å². The van der Waals surface area contributed by atoms with Crippen molar-refractivity contribution in [3.05, 3.63) is 0 Å². The van der Waals surface area contributed by atoms with Crippen molar-refractivity contribution in [1.82, 2.24) is 4.90 Å². The molecule has 1 aliphatic heterocycles. The van der Waals surface area contributed by atoms with Gasteiger partial charge in [0, 0.05) is 19.1 Å². The predicted octanol–water partition coefficient (Wildman–Crippen LogP) is 0.602. The van der Waals surface area contributed by atoms with Crippen LogP contribution < -0.4 is 0 Å². The lowest BCUT2D eigenvalue weighted by molar-refractivity contribution is -0.00886. The van der Waals surface area contributed by atoms with E-state index in [0.717, 1.165) is 38.8 Å². The van der Waals surface area contributed by atoms with E-state index in [1.54, 1.807) is 0 Å². The molecule has 3 heteroatoms. The first-order chi connectivity index (χ1) is 6.68. The summed E-state index contributed by atoms with van der Waals surface area (Å²) in [5, 5.41) is 19.4. The van der Waals surface area contributed by atoms with Crippen LogP contribution in [0, 0.1) is 5.92 Å². The Hall–Kier alpha value is -0.120. The molecule has 1 aliphatic carbocycles. The van der Waals surface area contributed by atoms with E-state index in [1.807, 2.05) is 0 Å². The maximum absolute atomic E-state index is 9.79. The average Bonchev–Trinajstić information content (AvgIpc) is 2.57. The minimum atomic E-state index is -0.134. The highest BCUT2D eigenvalue weighted by Crippen LogP contribution is 2.28. The number of nitrogens with zero attached hydrogens (tertiary/aromatic N) is 1. The van der Waals surface area contributed by atoms with Gasteiger partial charge in [0.15, 0.2) is 0 Å². The Morgan fingerprint density at radius 3 is 2.43 bits per heavy atom. The van der Waals surface area contributed by atoms with Gasteiger partial charge in [0.1, 0.15) is 0 Å². The standard InChI is InChI=1S/C11H21NO2/c1-8-7-12(6-5-10(8)13)9-3-2-4-11(9)14/h8-11,13-14H,2-7H2,1H3/t8?,9-,10?,11-/m1/s1. The molecule has 14 heavy (non-hydrogen) atoms. The van der Waals surface area contributed by atoms with Gasteiger partial charge >= 0.3 is 0 Å². The number of aliphatic hydroxyl groups excluding tert-OH is 2. The van der Waals surface area contributed by atoms with Gasteiger partial charge in [0.25, 0.3) is 0 Å². The van der Waals surface area contributed by atoms with Crippen molar-refractivity contribution in [3.8, 4) is 0 Å². The summed E-state index contributed by atoms with van der Waals surface area (Å²) in [4.78, 5) is 2.37. The van der Waals surface area contributed by atoms with Crippen LogP contribution in [0.2, 0.25) is 0 Å². The van der Waals surface area contributed by atoms with Gasteiger partial charge < -0.3 is 10.2 Å². The molecule has 3 nitrogen and oxygen atoms in total. The molecule has 0 aromatic heterocycles. The van der Waals surface area contributed by atoms with Crippen molar-refractivity contribution in [3.63, 3.8) is 0 Å². The molecule has 2 N–H and O–H groups in total. The summed E-state index contributed by atoms with van der Waals surface area (Å²) in [6.07, 6.45) is 3.84. The lowest BCUT2D eigenvalue weighted by Gasteiger charge is -2.39. The molecule has 2 aliphatic rings. The fourth-order valence-corrected chi connectivity index (χ4v) is 2.81. The van der Waals surface area contributed by atoms with E-state index in [1.165, 1.54) is 0 Å². The quantitative estimate of drug-likeness (QED) is 0.650. The van der Waals surface area contributed by atoms with Crippen molar-refractivity contribution in [2.75, 3.05) is 13.1 Å². The van der Waals surface area contributed by atoms with Crippen LogP contribution in [0.1, 0.15) is 32.6 Å². The zero-order valence-corrected chi connectivity index (χ0v) is 8.89. The van der Waals surface area contributed by atoms with Crippen LogP contribution in [0.4, 0.5) is 0 Å². The van der Waals surface area contributed by atoms with Crippen molar-refractivity contribution in [2.45, 2.75) is 50.9 Å². The second-order valence-electron chi connectivity index (χ2n) is 4.89. The number of likely N-dealkylation sites (tertiary alicyclic amines) is 1. The highest BCUT2D eigenvalue weighted by atomic mass is 16.3. The number of aliphatic hydroxyl groups is 2. The van der Waals surface area contributed by atoms with E-state index >= 15 is 0 Å². The van der Waals surface area contributed by atoms with Crippen LogP contribution in [0.5, 0.6) is 0 Å². The van der Waals surface area contributed by atoms with Crippen molar-refractivity contribution in [1.29, 1.82) is 0 Å². The molecule has 2 rings (SSSR count). The second kappa shape index (κ2) is 4.17. The van der Waals surface area contributed by atoms with Gasteiger partial charge in [-0.25, -0.2) is 0 Å². The molecule has 2 fully saturated rings. The number of rotatable bonds is 1. The first-order valence-corrected chi connectivity index (χ1v) is 5.78. The average molecular weight is 199 g/mol. The van der Waals surface area contributed by atoms with Gasteiger partial charge in [0.2, 0.25) is 0 Å². The van der Waals surface area contributed by atoms with E-state index < -0.39 is 0 Å². The Kier molecular flexibility index (Phi) is 3.10. The van der Waals surface area contributed by atoms with Gasteiger partial charge in [-0.2, -0.15) is 0 Å². The monoisotopic (exact) mass is 199 g/mol. The summed E-state index contributed by atoms with van der Waals surface area (Å²) in [7, 11) is 0. The lowest BCUT2D eigenvalue weighted by atomic mass is 9.95. The van der Waals surface area contributed by atoms with Gasteiger partial charge in [-0.1, -0.05) is 6.92 Å². The first kappa shape index (κ1) is 10.4. The summed E-state index contributed by atoms with van der Waals surface area (Å²) in [6.45, 7) is 3.99. The molecule has 0 radical (unpaired) electrons. The van der Waals surface area contributed by atoms with Crippen LogP contribution >= 0.6 is 0 Å². The minimum absolute atomic E-state index is 0.127. The minimum Gasteiger partial charge on any atom is -0.393 e. The molecule has 0 aromatic carbocycles. The third-order valence-electron chi connectivity index (χ3n) is 3.80. The van der Waals surface area contributed by atoms with Crippen LogP contribution in [-0.4, -0.2) is 46.5 Å². The van der Waals surface area contributed by atoms with Crippen LogP contribution in [0.3, 0.4) is 0 Å². The maximum Gasteiger partial charge on any atom is 0.0695 e.